The number of hydrogen-bond donors (Lipinski definition) is 2. The van der Waals surface area contributed by atoms with Crippen LogP contribution in [0.3, 0.4) is 0 Å². The Morgan fingerprint density at radius 2 is 1.30 bits per heavy atom. The largest absolute Gasteiger partial charge is 0.468 e. The maximum Gasteiger partial charge on any atom is 0.408 e. The molecule has 5 aliphatic rings. The van der Waals surface area contributed by atoms with Crippen LogP contribution in [0.25, 0.3) is 0 Å². The molecule has 5 fully saturated rings. The Labute approximate surface area is 383 Å². The summed E-state index contributed by atoms with van der Waals surface area (Å²) in [6.45, 7) is 8.50. The molecule has 0 spiro atoms. The third-order valence-electron chi connectivity index (χ3n) is 11.8. The number of carbonyl (C=O) groups excluding carboxylic acids is 4. The lowest BCUT2D eigenvalue weighted by molar-refractivity contribution is -0.160. The predicted molar refractivity (Wildman–Crippen MR) is 236 cm³/mol. The standard InChI is InChI=1S/C30H44N2O8.C17H23NO5.ClH/c1-30(2,3)40-29(35)31-24(21-14-9-6-10-15-21)27(33)32-18-22-26(25(32)28(34)36-4)39-23(38-22)16-11-17-37-19-20-12-7-5-8-13-20;1-20-17(19)15-16-13(10-18-15)22-14(23-16)8-5-9-21-11-12-6-3-2-4-7-12;/h5,7-8,12-13,21-26H,6,9-11,14-19H2,1-4H3,(H,31,35);2-4,6-7,13-16,18H,5,8-11H2,1H3;1H/t22-,23?,24-,25-,26-;13-,14?,15-,16-;/m00./s1. The fourth-order valence-electron chi connectivity index (χ4n) is 8.78. The van der Waals surface area contributed by atoms with E-state index in [0.717, 1.165) is 56.9 Å². The third-order valence-corrected chi connectivity index (χ3v) is 11.8. The summed E-state index contributed by atoms with van der Waals surface area (Å²) in [5.74, 6) is -1.23. The molecule has 356 valence electrons. The first-order valence-electron chi connectivity index (χ1n) is 22.5. The quantitative estimate of drug-likeness (QED) is 0.114. The topological polar surface area (TPSA) is 179 Å². The Bertz CT molecular complexity index is 1750. The van der Waals surface area contributed by atoms with Gasteiger partial charge in [-0.15, -0.1) is 12.4 Å². The lowest BCUT2D eigenvalue weighted by Crippen LogP contribution is -2.57. The highest BCUT2D eigenvalue weighted by atomic mass is 35.5. The number of benzene rings is 2. The highest BCUT2D eigenvalue weighted by Gasteiger charge is 2.56. The minimum atomic E-state index is -0.951. The molecule has 9 atom stereocenters. The van der Waals surface area contributed by atoms with E-state index in [4.69, 9.17) is 42.6 Å². The molecule has 16 nitrogen and oxygen atoms in total. The Kier molecular flexibility index (Phi) is 20.1. The van der Waals surface area contributed by atoms with Crippen LogP contribution in [0.1, 0.15) is 89.7 Å². The highest BCUT2D eigenvalue weighted by Crippen LogP contribution is 2.36. The van der Waals surface area contributed by atoms with Crippen LogP contribution in [0.15, 0.2) is 60.7 Å². The van der Waals surface area contributed by atoms with Gasteiger partial charge in [0.25, 0.3) is 0 Å². The van der Waals surface area contributed by atoms with Gasteiger partial charge in [0.1, 0.15) is 42.1 Å². The average molecular weight is 919 g/mol. The average Bonchev–Trinajstić information content (AvgIpc) is 4.06. The summed E-state index contributed by atoms with van der Waals surface area (Å²) in [6, 6.07) is 17.9. The van der Waals surface area contributed by atoms with Crippen LogP contribution in [-0.4, -0.2) is 130 Å². The van der Waals surface area contributed by atoms with Crippen molar-refractivity contribution in [1.29, 1.82) is 0 Å². The number of nitrogens with zero attached hydrogens (tertiary/aromatic N) is 1. The van der Waals surface area contributed by atoms with Crippen molar-refractivity contribution in [1.82, 2.24) is 15.5 Å². The molecule has 17 heteroatoms. The Morgan fingerprint density at radius 1 is 0.750 bits per heavy atom. The molecule has 2 amide bonds. The van der Waals surface area contributed by atoms with E-state index in [2.05, 4.69) is 10.6 Å². The zero-order chi connectivity index (χ0) is 44.8. The summed E-state index contributed by atoms with van der Waals surface area (Å²) < 4.78 is 50.7. The van der Waals surface area contributed by atoms with Gasteiger partial charge in [-0.25, -0.2) is 9.59 Å². The zero-order valence-electron chi connectivity index (χ0n) is 37.8. The molecule has 2 unspecified atom stereocenters. The maximum absolute atomic E-state index is 14.0. The van der Waals surface area contributed by atoms with Crippen LogP contribution in [0.2, 0.25) is 0 Å². The van der Waals surface area contributed by atoms with Gasteiger partial charge in [-0.05, 0) is 63.5 Å². The number of carbonyl (C=O) groups is 4. The van der Waals surface area contributed by atoms with E-state index in [9.17, 15) is 19.2 Å². The SMILES string of the molecule is COC(=O)[C@@H]1[C@H]2OC(CCCOCc3ccccc3)O[C@H]2CN1C(=O)[C@@H](NC(=O)OC(C)(C)C)C1CCCCC1.COC(=O)[C@H]1NC[C@@H]2OC(CCCOCc3ccccc3)O[C@@H]21.Cl. The number of fused-ring (bicyclic) bond motifs is 2. The second kappa shape index (κ2) is 25.2. The molecule has 2 aromatic carbocycles. The van der Waals surface area contributed by atoms with Crippen LogP contribution < -0.4 is 10.6 Å². The fraction of sp³-hybridized carbons (Fsp3) is 0.660. The maximum atomic E-state index is 14.0. The smallest absolute Gasteiger partial charge is 0.408 e. The van der Waals surface area contributed by atoms with Crippen molar-refractivity contribution in [2.75, 3.05) is 40.5 Å². The molecule has 64 heavy (non-hydrogen) atoms. The van der Waals surface area contributed by atoms with Gasteiger partial charge in [-0.2, -0.15) is 0 Å². The van der Waals surface area contributed by atoms with Crippen LogP contribution in [0.5, 0.6) is 0 Å². The molecular weight excluding hydrogens is 850 g/mol. The molecule has 4 saturated heterocycles. The second-order valence-corrected chi connectivity index (χ2v) is 17.7. The Morgan fingerprint density at radius 3 is 1.84 bits per heavy atom. The molecule has 2 N–H and O–H groups in total. The number of ether oxygens (including phenoxy) is 9. The first-order chi connectivity index (χ1) is 30.4. The molecule has 0 bridgehead atoms. The summed E-state index contributed by atoms with van der Waals surface area (Å²) in [6.07, 6.45) is 4.82. The van der Waals surface area contributed by atoms with Crippen LogP contribution >= 0.6 is 12.4 Å². The molecule has 2 aromatic rings. The van der Waals surface area contributed by atoms with E-state index in [1.54, 1.807) is 20.8 Å². The minimum Gasteiger partial charge on any atom is -0.468 e. The molecule has 7 rings (SSSR count). The van der Waals surface area contributed by atoms with E-state index < -0.39 is 54.3 Å². The molecule has 1 saturated carbocycles. The zero-order valence-corrected chi connectivity index (χ0v) is 38.6. The first kappa shape index (κ1) is 51.1. The van der Waals surface area contributed by atoms with Gasteiger partial charge >= 0.3 is 18.0 Å². The van der Waals surface area contributed by atoms with E-state index >= 15 is 0 Å². The summed E-state index contributed by atoms with van der Waals surface area (Å²) in [4.78, 5) is 52.7. The molecule has 1 aliphatic carbocycles. The molecule has 4 aliphatic heterocycles. The normalized spacial score (nSPS) is 26.7. The van der Waals surface area contributed by atoms with Crippen molar-refractivity contribution in [3.8, 4) is 0 Å². The van der Waals surface area contributed by atoms with E-state index in [-0.39, 0.29) is 55.2 Å². The number of halogens is 1. The van der Waals surface area contributed by atoms with Crippen LogP contribution in [-0.2, 0) is 70.2 Å². The fourth-order valence-corrected chi connectivity index (χ4v) is 8.78. The van der Waals surface area contributed by atoms with Gasteiger partial charge in [0, 0.05) is 32.6 Å². The lowest BCUT2D eigenvalue weighted by Gasteiger charge is -2.35. The first-order valence-corrected chi connectivity index (χ1v) is 22.5. The number of nitrogens with one attached hydrogen (secondary N) is 2. The van der Waals surface area contributed by atoms with Gasteiger partial charge < -0.3 is 52.8 Å². The van der Waals surface area contributed by atoms with Crippen molar-refractivity contribution < 1.29 is 61.8 Å². The van der Waals surface area contributed by atoms with Crippen molar-refractivity contribution in [3.05, 3.63) is 71.8 Å². The number of likely N-dealkylation sites (tertiary alicyclic amines) is 1. The van der Waals surface area contributed by atoms with Crippen LogP contribution in [0, 0.1) is 5.92 Å². The van der Waals surface area contributed by atoms with Gasteiger partial charge in [-0.3, -0.25) is 14.9 Å². The van der Waals surface area contributed by atoms with Crippen molar-refractivity contribution in [2.24, 2.45) is 5.92 Å². The molecule has 0 radical (unpaired) electrons. The number of methoxy groups -OCH3 is 2. The second-order valence-electron chi connectivity index (χ2n) is 17.7. The number of hydrogen-bond acceptors (Lipinski definition) is 14. The van der Waals surface area contributed by atoms with E-state index in [1.807, 2.05) is 60.7 Å². The van der Waals surface area contributed by atoms with Crippen molar-refractivity contribution >= 4 is 36.3 Å². The number of rotatable bonds is 17. The Balaban J connectivity index is 0.000000272. The van der Waals surface area contributed by atoms with Gasteiger partial charge in [0.05, 0.1) is 34.0 Å². The number of esters is 2. The summed E-state index contributed by atoms with van der Waals surface area (Å²) >= 11 is 0. The van der Waals surface area contributed by atoms with Gasteiger partial charge in [0.15, 0.2) is 18.6 Å². The van der Waals surface area contributed by atoms with E-state index in [0.29, 0.717) is 39.4 Å². The molecule has 4 heterocycles. The van der Waals surface area contributed by atoms with Crippen molar-refractivity contribution in [2.45, 2.75) is 152 Å². The van der Waals surface area contributed by atoms with Crippen molar-refractivity contribution in [3.63, 3.8) is 0 Å². The number of amides is 2. The minimum absolute atomic E-state index is 0. The van der Waals surface area contributed by atoms with Gasteiger partial charge in [0.2, 0.25) is 5.91 Å². The molecule has 0 aromatic heterocycles. The predicted octanol–water partition coefficient (Wildman–Crippen LogP) is 5.61. The summed E-state index contributed by atoms with van der Waals surface area (Å²) in [5, 5.41) is 5.90. The number of alkyl carbamates (subject to hydrolysis) is 1. The lowest BCUT2D eigenvalue weighted by atomic mass is 9.83. The molecular formula is C47H68ClN3O13. The third kappa shape index (κ3) is 14.6. The monoisotopic (exact) mass is 917 g/mol. The van der Waals surface area contributed by atoms with Gasteiger partial charge in [-0.1, -0.05) is 79.9 Å². The van der Waals surface area contributed by atoms with Crippen LogP contribution in [0.4, 0.5) is 4.79 Å². The Hall–Kier alpha value is -3.87. The summed E-state index contributed by atoms with van der Waals surface area (Å²) in [7, 11) is 2.68. The highest BCUT2D eigenvalue weighted by molar-refractivity contribution is 5.91. The van der Waals surface area contributed by atoms with E-state index in [1.165, 1.54) is 24.7 Å². The summed E-state index contributed by atoms with van der Waals surface area (Å²) in [5.41, 5.74) is 1.58.